The number of carboxylic acid groups (broad SMARTS) is 1. The lowest BCUT2D eigenvalue weighted by molar-refractivity contribution is -0.131. The molecule has 35 heavy (non-hydrogen) atoms. The van der Waals surface area contributed by atoms with Crippen molar-refractivity contribution in [2.24, 2.45) is 5.92 Å². The SMILES string of the molecule is COc1ccc(/C(=C(\c2ccc(/C=C/C(=O)O)cc2)c2ccc3nccn3c2)C2CCC2)c(C)c1. The van der Waals surface area contributed by atoms with E-state index in [0.717, 1.165) is 40.9 Å². The molecule has 2 heterocycles. The van der Waals surface area contributed by atoms with Crippen molar-refractivity contribution >= 4 is 28.8 Å². The second-order valence-corrected chi connectivity index (χ2v) is 9.00. The Kier molecular flexibility index (Phi) is 6.23. The van der Waals surface area contributed by atoms with E-state index in [1.54, 1.807) is 13.2 Å². The first-order valence-corrected chi connectivity index (χ1v) is 11.9. The molecule has 0 spiro atoms. The van der Waals surface area contributed by atoms with Gasteiger partial charge in [-0.15, -0.1) is 0 Å². The Hall–Kier alpha value is -4.12. The maximum Gasteiger partial charge on any atom is 0.328 e. The van der Waals surface area contributed by atoms with Crippen LogP contribution in [0, 0.1) is 12.8 Å². The summed E-state index contributed by atoms with van der Waals surface area (Å²) < 4.78 is 7.53. The number of imidazole rings is 1. The Morgan fingerprint density at radius 1 is 1.09 bits per heavy atom. The number of hydrogen-bond acceptors (Lipinski definition) is 3. The lowest BCUT2D eigenvalue weighted by Gasteiger charge is -2.32. The molecule has 1 aliphatic carbocycles. The fraction of sp³-hybridized carbons (Fsp3) is 0.200. The van der Waals surface area contributed by atoms with Gasteiger partial charge in [-0.25, -0.2) is 9.78 Å². The quantitative estimate of drug-likeness (QED) is 0.250. The number of nitrogens with zero attached hydrogens (tertiary/aromatic N) is 2. The minimum Gasteiger partial charge on any atom is -0.497 e. The van der Waals surface area contributed by atoms with E-state index in [2.05, 4.69) is 58.9 Å². The molecule has 1 fully saturated rings. The molecule has 5 nitrogen and oxygen atoms in total. The largest absolute Gasteiger partial charge is 0.497 e. The molecule has 0 atom stereocenters. The summed E-state index contributed by atoms with van der Waals surface area (Å²) in [6.45, 7) is 2.15. The number of fused-ring (bicyclic) bond motifs is 1. The summed E-state index contributed by atoms with van der Waals surface area (Å²) in [4.78, 5) is 15.4. The fourth-order valence-electron chi connectivity index (χ4n) is 4.79. The van der Waals surface area contributed by atoms with Crippen LogP contribution in [0.3, 0.4) is 0 Å². The van der Waals surface area contributed by atoms with Crippen molar-refractivity contribution in [3.63, 3.8) is 0 Å². The first-order chi connectivity index (χ1) is 17.0. The lowest BCUT2D eigenvalue weighted by Crippen LogP contribution is -2.16. The molecule has 1 aliphatic rings. The van der Waals surface area contributed by atoms with Crippen molar-refractivity contribution in [3.8, 4) is 5.75 Å². The standard InChI is InChI=1S/C30H28N2O3/c1-20-18-25(35-2)12-13-26(20)30(22-4-3-5-22)29(24-11-14-27-31-16-17-32(27)19-24)23-9-6-21(7-10-23)8-15-28(33)34/h6-19,22H,3-5H2,1-2H3,(H,33,34)/b15-8+,30-29+. The molecule has 1 saturated carbocycles. The summed E-state index contributed by atoms with van der Waals surface area (Å²) in [7, 11) is 1.70. The van der Waals surface area contributed by atoms with Crippen molar-refractivity contribution in [2.45, 2.75) is 26.2 Å². The molecule has 0 radical (unpaired) electrons. The van der Waals surface area contributed by atoms with Gasteiger partial charge in [-0.2, -0.15) is 0 Å². The van der Waals surface area contributed by atoms with Crippen LogP contribution in [0.4, 0.5) is 0 Å². The van der Waals surface area contributed by atoms with Gasteiger partial charge in [-0.1, -0.05) is 36.8 Å². The summed E-state index contributed by atoms with van der Waals surface area (Å²) >= 11 is 0. The monoisotopic (exact) mass is 464 g/mol. The van der Waals surface area contributed by atoms with Gasteiger partial charge >= 0.3 is 5.97 Å². The Morgan fingerprint density at radius 2 is 1.86 bits per heavy atom. The van der Waals surface area contributed by atoms with E-state index in [4.69, 9.17) is 9.84 Å². The van der Waals surface area contributed by atoms with Gasteiger partial charge < -0.3 is 14.2 Å². The van der Waals surface area contributed by atoms with E-state index in [1.165, 1.54) is 34.8 Å². The van der Waals surface area contributed by atoms with E-state index in [0.29, 0.717) is 5.92 Å². The highest BCUT2D eigenvalue weighted by Gasteiger charge is 2.28. The van der Waals surface area contributed by atoms with Crippen molar-refractivity contribution < 1.29 is 14.6 Å². The van der Waals surface area contributed by atoms with Crippen LogP contribution < -0.4 is 4.74 Å². The second kappa shape index (κ2) is 9.63. The summed E-state index contributed by atoms with van der Waals surface area (Å²) in [6, 6.07) is 18.7. The van der Waals surface area contributed by atoms with E-state index < -0.39 is 5.97 Å². The third kappa shape index (κ3) is 4.62. The van der Waals surface area contributed by atoms with Gasteiger partial charge in [0, 0.05) is 24.7 Å². The number of carbonyl (C=O) groups is 1. The van der Waals surface area contributed by atoms with E-state index in [9.17, 15) is 4.79 Å². The molecule has 2 aromatic carbocycles. The van der Waals surface area contributed by atoms with Gasteiger partial charge in [-0.3, -0.25) is 0 Å². The zero-order valence-electron chi connectivity index (χ0n) is 19.9. The molecule has 5 heteroatoms. The average molecular weight is 465 g/mol. The van der Waals surface area contributed by atoms with Crippen LogP contribution in [0.25, 0.3) is 22.9 Å². The second-order valence-electron chi connectivity index (χ2n) is 9.00. The lowest BCUT2D eigenvalue weighted by atomic mass is 9.72. The molecule has 5 rings (SSSR count). The van der Waals surface area contributed by atoms with Crippen LogP contribution in [0.2, 0.25) is 0 Å². The summed E-state index contributed by atoms with van der Waals surface area (Å²) in [5.41, 5.74) is 8.98. The molecular formula is C30H28N2O3. The van der Waals surface area contributed by atoms with Crippen molar-refractivity contribution in [1.29, 1.82) is 0 Å². The molecule has 1 N–H and O–H groups in total. The number of carboxylic acids is 1. The number of aryl methyl sites for hydroxylation is 1. The summed E-state index contributed by atoms with van der Waals surface area (Å²) in [5, 5.41) is 8.98. The zero-order valence-corrected chi connectivity index (χ0v) is 19.9. The van der Waals surface area contributed by atoms with Crippen molar-refractivity contribution in [3.05, 3.63) is 107 Å². The molecule has 2 aromatic heterocycles. The highest BCUT2D eigenvalue weighted by molar-refractivity contribution is 6.00. The maximum atomic E-state index is 10.9. The summed E-state index contributed by atoms with van der Waals surface area (Å²) in [6.07, 6.45) is 12.3. The van der Waals surface area contributed by atoms with E-state index in [1.807, 2.05) is 30.6 Å². The van der Waals surface area contributed by atoms with Crippen LogP contribution >= 0.6 is 0 Å². The molecule has 0 aliphatic heterocycles. The molecular weight excluding hydrogens is 436 g/mol. The van der Waals surface area contributed by atoms with Crippen LogP contribution in [0.15, 0.2) is 79.3 Å². The number of aliphatic carboxylic acids is 1. The van der Waals surface area contributed by atoms with Crippen molar-refractivity contribution in [1.82, 2.24) is 9.38 Å². The smallest absolute Gasteiger partial charge is 0.328 e. The van der Waals surface area contributed by atoms with Gasteiger partial charge in [0.2, 0.25) is 0 Å². The van der Waals surface area contributed by atoms with Crippen LogP contribution in [0.5, 0.6) is 5.75 Å². The Labute approximate surface area is 205 Å². The number of methoxy groups -OCH3 is 1. The van der Waals surface area contributed by atoms with E-state index >= 15 is 0 Å². The topological polar surface area (TPSA) is 63.8 Å². The number of rotatable bonds is 7. The third-order valence-corrected chi connectivity index (χ3v) is 6.80. The van der Waals surface area contributed by atoms with Crippen LogP contribution in [0.1, 0.15) is 47.1 Å². The molecule has 0 bridgehead atoms. The van der Waals surface area contributed by atoms with Gasteiger partial charge in [-0.05, 0) is 95.0 Å². The molecule has 0 amide bonds. The molecule has 0 unspecified atom stereocenters. The predicted octanol–water partition coefficient (Wildman–Crippen LogP) is 6.51. The first-order valence-electron chi connectivity index (χ1n) is 11.9. The van der Waals surface area contributed by atoms with E-state index in [-0.39, 0.29) is 0 Å². The van der Waals surface area contributed by atoms with Crippen LogP contribution in [-0.2, 0) is 4.79 Å². The normalized spacial score (nSPS) is 14.7. The zero-order chi connectivity index (χ0) is 24.4. The minimum atomic E-state index is -0.953. The highest BCUT2D eigenvalue weighted by atomic mass is 16.5. The highest BCUT2D eigenvalue weighted by Crippen LogP contribution is 2.46. The van der Waals surface area contributed by atoms with Gasteiger partial charge in [0.25, 0.3) is 0 Å². The Balaban J connectivity index is 1.74. The predicted molar refractivity (Wildman–Crippen MR) is 139 cm³/mol. The van der Waals surface area contributed by atoms with Crippen LogP contribution in [-0.4, -0.2) is 27.6 Å². The number of pyridine rings is 1. The Morgan fingerprint density at radius 3 is 2.51 bits per heavy atom. The molecule has 176 valence electrons. The fourth-order valence-corrected chi connectivity index (χ4v) is 4.79. The Bertz CT molecular complexity index is 1440. The summed E-state index contributed by atoms with van der Waals surface area (Å²) in [5.74, 6) is 0.378. The van der Waals surface area contributed by atoms with Gasteiger partial charge in [0.15, 0.2) is 0 Å². The van der Waals surface area contributed by atoms with Gasteiger partial charge in [0.1, 0.15) is 11.4 Å². The van der Waals surface area contributed by atoms with Gasteiger partial charge in [0.05, 0.1) is 7.11 Å². The van der Waals surface area contributed by atoms with Crippen molar-refractivity contribution in [2.75, 3.05) is 7.11 Å². The maximum absolute atomic E-state index is 10.9. The first kappa shape index (κ1) is 22.7. The third-order valence-electron chi connectivity index (χ3n) is 6.80. The molecule has 0 saturated heterocycles. The number of aromatic nitrogens is 2. The number of allylic oxidation sites excluding steroid dienone is 1. The average Bonchev–Trinajstić information content (AvgIpc) is 3.30. The molecule has 4 aromatic rings. The number of benzene rings is 2. The minimum absolute atomic E-state index is 0.474. The number of ether oxygens (including phenoxy) is 1. The number of hydrogen-bond donors (Lipinski definition) is 1.